The predicted octanol–water partition coefficient (Wildman–Crippen LogP) is 3.13. The lowest BCUT2D eigenvalue weighted by molar-refractivity contribution is 0.790. The SMILES string of the molecule is CCc1ccc2c(c1)sc1nc(C(C)N)cn12. The van der Waals surface area contributed by atoms with E-state index in [4.69, 9.17) is 5.73 Å². The van der Waals surface area contributed by atoms with E-state index < -0.39 is 0 Å². The molecule has 0 amide bonds. The molecule has 0 radical (unpaired) electrons. The summed E-state index contributed by atoms with van der Waals surface area (Å²) in [7, 11) is 0. The Bertz CT molecular complexity index is 678. The van der Waals surface area contributed by atoms with Crippen molar-refractivity contribution in [2.45, 2.75) is 26.3 Å². The average molecular weight is 245 g/mol. The molecule has 88 valence electrons. The molecule has 0 spiro atoms. The van der Waals surface area contributed by atoms with Gasteiger partial charge in [0, 0.05) is 12.2 Å². The van der Waals surface area contributed by atoms with Gasteiger partial charge in [-0.3, -0.25) is 4.40 Å². The summed E-state index contributed by atoms with van der Waals surface area (Å²) in [4.78, 5) is 5.59. The van der Waals surface area contributed by atoms with Crippen LogP contribution in [0, 0.1) is 0 Å². The van der Waals surface area contributed by atoms with Gasteiger partial charge in [-0.15, -0.1) is 0 Å². The summed E-state index contributed by atoms with van der Waals surface area (Å²) in [6.07, 6.45) is 3.12. The molecule has 4 heteroatoms. The van der Waals surface area contributed by atoms with Crippen molar-refractivity contribution in [2.24, 2.45) is 5.73 Å². The maximum atomic E-state index is 5.86. The fourth-order valence-electron chi connectivity index (χ4n) is 2.00. The van der Waals surface area contributed by atoms with Crippen molar-refractivity contribution >= 4 is 26.5 Å². The number of imidazole rings is 1. The van der Waals surface area contributed by atoms with Crippen LogP contribution in [0.3, 0.4) is 0 Å². The van der Waals surface area contributed by atoms with E-state index in [0.29, 0.717) is 0 Å². The van der Waals surface area contributed by atoms with Gasteiger partial charge in [-0.1, -0.05) is 24.3 Å². The number of thiazole rings is 1. The summed E-state index contributed by atoms with van der Waals surface area (Å²) >= 11 is 1.73. The normalized spacial score (nSPS) is 13.6. The quantitative estimate of drug-likeness (QED) is 0.753. The summed E-state index contributed by atoms with van der Waals surface area (Å²) in [6.45, 7) is 4.14. The zero-order valence-corrected chi connectivity index (χ0v) is 10.8. The first-order valence-electron chi connectivity index (χ1n) is 5.85. The van der Waals surface area contributed by atoms with Crippen LogP contribution in [0.25, 0.3) is 15.2 Å². The van der Waals surface area contributed by atoms with Crippen molar-refractivity contribution in [1.29, 1.82) is 0 Å². The zero-order chi connectivity index (χ0) is 12.0. The molecule has 2 N–H and O–H groups in total. The smallest absolute Gasteiger partial charge is 0.195 e. The molecule has 1 atom stereocenters. The number of rotatable bonds is 2. The lowest BCUT2D eigenvalue weighted by atomic mass is 10.2. The van der Waals surface area contributed by atoms with Gasteiger partial charge in [0.25, 0.3) is 0 Å². The van der Waals surface area contributed by atoms with Gasteiger partial charge in [0.15, 0.2) is 4.96 Å². The minimum Gasteiger partial charge on any atom is -0.323 e. The van der Waals surface area contributed by atoms with Crippen molar-refractivity contribution in [2.75, 3.05) is 0 Å². The largest absolute Gasteiger partial charge is 0.323 e. The second-order valence-corrected chi connectivity index (χ2v) is 5.37. The Labute approximate surface area is 104 Å². The van der Waals surface area contributed by atoms with E-state index in [1.54, 1.807) is 11.3 Å². The number of fused-ring (bicyclic) bond motifs is 3. The minimum absolute atomic E-state index is 0.00735. The van der Waals surface area contributed by atoms with Crippen LogP contribution in [-0.4, -0.2) is 9.38 Å². The fraction of sp³-hybridized carbons (Fsp3) is 0.308. The highest BCUT2D eigenvalue weighted by Crippen LogP contribution is 2.28. The fourth-order valence-corrected chi connectivity index (χ4v) is 3.08. The van der Waals surface area contributed by atoms with Gasteiger partial charge < -0.3 is 5.73 Å². The monoisotopic (exact) mass is 245 g/mol. The Kier molecular flexibility index (Phi) is 2.42. The molecule has 1 aromatic carbocycles. The number of benzene rings is 1. The van der Waals surface area contributed by atoms with Crippen molar-refractivity contribution < 1.29 is 0 Å². The second kappa shape index (κ2) is 3.82. The lowest BCUT2D eigenvalue weighted by Crippen LogP contribution is -2.04. The van der Waals surface area contributed by atoms with Crippen LogP contribution in [0.15, 0.2) is 24.4 Å². The van der Waals surface area contributed by atoms with E-state index in [1.165, 1.54) is 15.8 Å². The van der Waals surface area contributed by atoms with Crippen LogP contribution >= 0.6 is 11.3 Å². The molecule has 1 unspecified atom stereocenters. The summed E-state index contributed by atoms with van der Waals surface area (Å²) in [6, 6.07) is 6.59. The number of hydrogen-bond donors (Lipinski definition) is 1. The van der Waals surface area contributed by atoms with Crippen LogP contribution in [-0.2, 0) is 6.42 Å². The van der Waals surface area contributed by atoms with Gasteiger partial charge in [0.2, 0.25) is 0 Å². The molecule has 2 heterocycles. The van der Waals surface area contributed by atoms with E-state index >= 15 is 0 Å². The molecule has 17 heavy (non-hydrogen) atoms. The molecular weight excluding hydrogens is 230 g/mol. The highest BCUT2D eigenvalue weighted by molar-refractivity contribution is 7.23. The topological polar surface area (TPSA) is 43.3 Å². The van der Waals surface area contributed by atoms with Crippen molar-refractivity contribution in [1.82, 2.24) is 9.38 Å². The van der Waals surface area contributed by atoms with Gasteiger partial charge in [0.05, 0.1) is 15.9 Å². The van der Waals surface area contributed by atoms with Crippen LogP contribution < -0.4 is 5.73 Å². The van der Waals surface area contributed by atoms with E-state index in [0.717, 1.165) is 17.1 Å². The molecule has 2 aromatic heterocycles. The minimum atomic E-state index is -0.00735. The van der Waals surface area contributed by atoms with Gasteiger partial charge in [-0.25, -0.2) is 4.98 Å². The first kappa shape index (κ1) is 10.7. The number of nitrogens with zero attached hydrogens (tertiary/aromatic N) is 2. The Morgan fingerprint density at radius 2 is 2.29 bits per heavy atom. The maximum absolute atomic E-state index is 5.86. The molecule has 3 rings (SSSR count). The van der Waals surface area contributed by atoms with Gasteiger partial charge in [-0.2, -0.15) is 0 Å². The Morgan fingerprint density at radius 1 is 1.47 bits per heavy atom. The summed E-state index contributed by atoms with van der Waals surface area (Å²) in [5, 5.41) is 0. The van der Waals surface area contributed by atoms with E-state index in [-0.39, 0.29) is 6.04 Å². The van der Waals surface area contributed by atoms with Gasteiger partial charge in [0.1, 0.15) is 0 Å². The number of aromatic nitrogens is 2. The average Bonchev–Trinajstić information content (AvgIpc) is 2.84. The van der Waals surface area contributed by atoms with E-state index in [9.17, 15) is 0 Å². The Hall–Kier alpha value is -1.39. The third-order valence-corrected chi connectivity index (χ3v) is 4.07. The first-order valence-corrected chi connectivity index (χ1v) is 6.66. The molecular formula is C13H15N3S. The Balaban J connectivity index is 2.26. The van der Waals surface area contributed by atoms with Crippen molar-refractivity contribution in [3.05, 3.63) is 35.7 Å². The highest BCUT2D eigenvalue weighted by atomic mass is 32.1. The maximum Gasteiger partial charge on any atom is 0.195 e. The van der Waals surface area contributed by atoms with Gasteiger partial charge >= 0.3 is 0 Å². The third-order valence-electron chi connectivity index (χ3n) is 3.05. The van der Waals surface area contributed by atoms with E-state index in [2.05, 4.69) is 34.5 Å². The molecule has 3 nitrogen and oxygen atoms in total. The summed E-state index contributed by atoms with van der Waals surface area (Å²) in [5.74, 6) is 0. The van der Waals surface area contributed by atoms with Crippen LogP contribution in [0.5, 0.6) is 0 Å². The summed E-state index contributed by atoms with van der Waals surface area (Å²) < 4.78 is 3.43. The molecule has 0 saturated carbocycles. The lowest BCUT2D eigenvalue weighted by Gasteiger charge is -1.98. The third kappa shape index (κ3) is 1.64. The van der Waals surface area contributed by atoms with Crippen LogP contribution in [0.1, 0.15) is 31.1 Å². The van der Waals surface area contributed by atoms with Crippen LogP contribution in [0.2, 0.25) is 0 Å². The molecule has 0 bridgehead atoms. The highest BCUT2D eigenvalue weighted by Gasteiger charge is 2.10. The standard InChI is InChI=1S/C13H15N3S/c1-3-9-4-5-11-12(6-9)17-13-15-10(8(2)14)7-16(11)13/h4-8H,3,14H2,1-2H3. The molecule has 0 saturated heterocycles. The number of aryl methyl sites for hydroxylation is 1. The summed E-state index contributed by atoms with van der Waals surface area (Å²) in [5.41, 5.74) is 9.41. The molecule has 0 aliphatic heterocycles. The van der Waals surface area contributed by atoms with Crippen molar-refractivity contribution in [3.63, 3.8) is 0 Å². The molecule has 0 aliphatic rings. The predicted molar refractivity (Wildman–Crippen MR) is 72.6 cm³/mol. The number of hydrogen-bond acceptors (Lipinski definition) is 3. The van der Waals surface area contributed by atoms with Crippen LogP contribution in [0.4, 0.5) is 0 Å². The number of nitrogens with two attached hydrogens (primary N) is 1. The zero-order valence-electron chi connectivity index (χ0n) is 9.97. The second-order valence-electron chi connectivity index (χ2n) is 4.36. The molecule has 3 aromatic rings. The first-order chi connectivity index (χ1) is 8.19. The molecule has 0 aliphatic carbocycles. The molecule has 0 fully saturated rings. The van der Waals surface area contributed by atoms with Crippen molar-refractivity contribution in [3.8, 4) is 0 Å². The Morgan fingerprint density at radius 3 is 3.00 bits per heavy atom. The van der Waals surface area contributed by atoms with E-state index in [1.807, 2.05) is 13.1 Å². The van der Waals surface area contributed by atoms with Gasteiger partial charge in [-0.05, 0) is 31.0 Å².